The SMILES string of the molecule is O=C1CCCN1CCOCCCCBr. The molecule has 3 nitrogen and oxygen atoms in total. The molecule has 0 saturated carbocycles. The van der Waals surface area contributed by atoms with Crippen LogP contribution in [-0.2, 0) is 9.53 Å². The van der Waals surface area contributed by atoms with Crippen molar-refractivity contribution in [2.24, 2.45) is 0 Å². The first-order chi connectivity index (χ1) is 6.84. The fourth-order valence-corrected chi connectivity index (χ4v) is 1.91. The van der Waals surface area contributed by atoms with Crippen LogP contribution >= 0.6 is 15.9 Å². The Kier molecular flexibility index (Phi) is 6.19. The summed E-state index contributed by atoms with van der Waals surface area (Å²) in [6.45, 7) is 3.19. The first-order valence-electron chi connectivity index (χ1n) is 5.26. The quantitative estimate of drug-likeness (QED) is 0.518. The molecule has 0 aromatic carbocycles. The third kappa shape index (κ3) is 4.42. The van der Waals surface area contributed by atoms with Gasteiger partial charge in [0.25, 0.3) is 0 Å². The Morgan fingerprint density at radius 2 is 2.21 bits per heavy atom. The molecule has 1 fully saturated rings. The standard InChI is InChI=1S/C10H18BrNO2/c11-5-1-2-8-14-9-7-12-6-3-4-10(12)13/h1-9H2. The minimum Gasteiger partial charge on any atom is -0.380 e. The minimum atomic E-state index is 0.286. The predicted molar refractivity (Wildman–Crippen MR) is 59.7 cm³/mol. The molecule has 1 saturated heterocycles. The Hall–Kier alpha value is -0.0900. The zero-order chi connectivity index (χ0) is 10.2. The molecule has 0 aliphatic carbocycles. The Morgan fingerprint density at radius 3 is 2.86 bits per heavy atom. The predicted octanol–water partition coefficient (Wildman–Crippen LogP) is 1.80. The van der Waals surface area contributed by atoms with E-state index in [-0.39, 0.29) is 5.91 Å². The summed E-state index contributed by atoms with van der Waals surface area (Å²) in [7, 11) is 0. The smallest absolute Gasteiger partial charge is 0.222 e. The van der Waals surface area contributed by atoms with Crippen molar-refractivity contribution >= 4 is 21.8 Å². The van der Waals surface area contributed by atoms with Crippen molar-refractivity contribution in [2.45, 2.75) is 25.7 Å². The number of alkyl halides is 1. The first-order valence-corrected chi connectivity index (χ1v) is 6.38. The number of hydrogen-bond acceptors (Lipinski definition) is 2. The van der Waals surface area contributed by atoms with Crippen LogP contribution in [0.1, 0.15) is 25.7 Å². The summed E-state index contributed by atoms with van der Waals surface area (Å²) in [6.07, 6.45) is 3.99. The number of ether oxygens (including phenoxy) is 1. The topological polar surface area (TPSA) is 29.5 Å². The molecule has 4 heteroatoms. The van der Waals surface area contributed by atoms with Crippen molar-refractivity contribution in [3.63, 3.8) is 0 Å². The number of unbranched alkanes of at least 4 members (excludes halogenated alkanes) is 1. The van der Waals surface area contributed by atoms with E-state index >= 15 is 0 Å². The lowest BCUT2D eigenvalue weighted by molar-refractivity contribution is -0.128. The molecule has 0 atom stereocenters. The van der Waals surface area contributed by atoms with Gasteiger partial charge in [-0.3, -0.25) is 4.79 Å². The highest BCUT2D eigenvalue weighted by molar-refractivity contribution is 9.09. The van der Waals surface area contributed by atoms with Crippen LogP contribution in [0, 0.1) is 0 Å². The van der Waals surface area contributed by atoms with Gasteiger partial charge in [0.15, 0.2) is 0 Å². The van der Waals surface area contributed by atoms with Gasteiger partial charge in [0.2, 0.25) is 5.91 Å². The van der Waals surface area contributed by atoms with Gasteiger partial charge in [-0.15, -0.1) is 0 Å². The van der Waals surface area contributed by atoms with Gasteiger partial charge in [0.05, 0.1) is 6.61 Å². The molecule has 0 unspecified atom stereocenters. The Balaban J connectivity index is 1.90. The van der Waals surface area contributed by atoms with Crippen LogP contribution in [0.25, 0.3) is 0 Å². The second kappa shape index (κ2) is 7.23. The second-order valence-electron chi connectivity index (χ2n) is 3.49. The number of halogens is 1. The van der Waals surface area contributed by atoms with Crippen LogP contribution in [0.4, 0.5) is 0 Å². The largest absolute Gasteiger partial charge is 0.380 e. The summed E-state index contributed by atoms with van der Waals surface area (Å²) in [4.78, 5) is 13.1. The molecular weight excluding hydrogens is 246 g/mol. The van der Waals surface area contributed by atoms with Crippen molar-refractivity contribution in [2.75, 3.05) is 31.6 Å². The van der Waals surface area contributed by atoms with E-state index in [2.05, 4.69) is 15.9 Å². The van der Waals surface area contributed by atoms with E-state index in [1.807, 2.05) is 4.90 Å². The van der Waals surface area contributed by atoms with E-state index in [0.29, 0.717) is 6.61 Å². The van der Waals surface area contributed by atoms with Crippen molar-refractivity contribution in [1.29, 1.82) is 0 Å². The molecule has 0 bridgehead atoms. The summed E-state index contributed by atoms with van der Waals surface area (Å²) in [5.41, 5.74) is 0. The van der Waals surface area contributed by atoms with Crippen LogP contribution in [-0.4, -0.2) is 42.4 Å². The number of rotatable bonds is 7. The van der Waals surface area contributed by atoms with Crippen molar-refractivity contribution in [1.82, 2.24) is 4.90 Å². The van der Waals surface area contributed by atoms with Crippen LogP contribution in [0.5, 0.6) is 0 Å². The Labute approximate surface area is 93.9 Å². The van der Waals surface area contributed by atoms with E-state index in [0.717, 1.165) is 50.7 Å². The molecular formula is C10H18BrNO2. The fraction of sp³-hybridized carbons (Fsp3) is 0.900. The van der Waals surface area contributed by atoms with E-state index in [4.69, 9.17) is 4.74 Å². The van der Waals surface area contributed by atoms with Gasteiger partial charge in [0.1, 0.15) is 0 Å². The van der Waals surface area contributed by atoms with Crippen LogP contribution in [0.15, 0.2) is 0 Å². The Morgan fingerprint density at radius 1 is 1.36 bits per heavy atom. The molecule has 82 valence electrons. The van der Waals surface area contributed by atoms with Crippen LogP contribution in [0.2, 0.25) is 0 Å². The van der Waals surface area contributed by atoms with Crippen molar-refractivity contribution < 1.29 is 9.53 Å². The fourth-order valence-electron chi connectivity index (χ4n) is 1.52. The lowest BCUT2D eigenvalue weighted by atomic mass is 10.4. The highest BCUT2D eigenvalue weighted by Gasteiger charge is 2.18. The molecule has 0 N–H and O–H groups in total. The molecule has 0 radical (unpaired) electrons. The number of likely N-dealkylation sites (tertiary alicyclic amines) is 1. The van der Waals surface area contributed by atoms with Gasteiger partial charge in [-0.1, -0.05) is 15.9 Å². The highest BCUT2D eigenvalue weighted by Crippen LogP contribution is 2.08. The summed E-state index contributed by atoms with van der Waals surface area (Å²) in [5.74, 6) is 0.286. The van der Waals surface area contributed by atoms with Crippen molar-refractivity contribution in [3.05, 3.63) is 0 Å². The number of hydrogen-bond donors (Lipinski definition) is 0. The number of amides is 1. The lowest BCUT2D eigenvalue weighted by Crippen LogP contribution is -2.28. The average Bonchev–Trinajstić information content (AvgIpc) is 2.58. The maximum atomic E-state index is 11.2. The molecule has 1 amide bonds. The minimum absolute atomic E-state index is 0.286. The lowest BCUT2D eigenvalue weighted by Gasteiger charge is -2.14. The maximum Gasteiger partial charge on any atom is 0.222 e. The van der Waals surface area contributed by atoms with E-state index in [1.54, 1.807) is 0 Å². The first kappa shape index (κ1) is 12.0. The molecule has 0 aromatic rings. The Bertz CT molecular complexity index is 176. The highest BCUT2D eigenvalue weighted by atomic mass is 79.9. The molecule has 0 spiro atoms. The second-order valence-corrected chi connectivity index (χ2v) is 4.29. The maximum absolute atomic E-state index is 11.2. The van der Waals surface area contributed by atoms with Gasteiger partial charge in [0, 0.05) is 31.4 Å². The molecule has 1 rings (SSSR count). The van der Waals surface area contributed by atoms with Gasteiger partial charge in [-0.05, 0) is 19.3 Å². The van der Waals surface area contributed by atoms with Crippen molar-refractivity contribution in [3.8, 4) is 0 Å². The number of carbonyl (C=O) groups is 1. The molecule has 14 heavy (non-hydrogen) atoms. The summed E-state index contributed by atoms with van der Waals surface area (Å²) < 4.78 is 5.43. The average molecular weight is 264 g/mol. The normalized spacial score (nSPS) is 16.6. The number of nitrogens with zero attached hydrogens (tertiary/aromatic N) is 1. The third-order valence-corrected chi connectivity index (χ3v) is 2.91. The third-order valence-electron chi connectivity index (χ3n) is 2.35. The zero-order valence-electron chi connectivity index (χ0n) is 8.51. The zero-order valence-corrected chi connectivity index (χ0v) is 10.1. The van der Waals surface area contributed by atoms with E-state index in [1.165, 1.54) is 0 Å². The number of carbonyl (C=O) groups excluding carboxylic acids is 1. The van der Waals surface area contributed by atoms with E-state index < -0.39 is 0 Å². The monoisotopic (exact) mass is 263 g/mol. The molecule has 1 aliphatic heterocycles. The van der Waals surface area contributed by atoms with Crippen LogP contribution in [0.3, 0.4) is 0 Å². The molecule has 1 heterocycles. The molecule has 0 aromatic heterocycles. The van der Waals surface area contributed by atoms with Gasteiger partial charge in [-0.25, -0.2) is 0 Å². The van der Waals surface area contributed by atoms with Gasteiger partial charge >= 0.3 is 0 Å². The summed E-state index contributed by atoms with van der Waals surface area (Å²) in [6, 6.07) is 0. The summed E-state index contributed by atoms with van der Waals surface area (Å²) >= 11 is 3.37. The van der Waals surface area contributed by atoms with Crippen LogP contribution < -0.4 is 0 Å². The van der Waals surface area contributed by atoms with Gasteiger partial charge < -0.3 is 9.64 Å². The van der Waals surface area contributed by atoms with E-state index in [9.17, 15) is 4.79 Å². The molecule has 1 aliphatic rings. The van der Waals surface area contributed by atoms with Gasteiger partial charge in [-0.2, -0.15) is 0 Å². The summed E-state index contributed by atoms with van der Waals surface area (Å²) in [5, 5.41) is 1.04.